The first-order valence-corrected chi connectivity index (χ1v) is 10.5. The molecule has 0 saturated carbocycles. The van der Waals surface area contributed by atoms with E-state index in [4.69, 9.17) is 21.3 Å². The first kappa shape index (κ1) is 19.5. The minimum atomic E-state index is 0.720. The van der Waals surface area contributed by atoms with E-state index in [1.54, 1.807) is 0 Å². The molecule has 0 radical (unpaired) electrons. The Morgan fingerprint density at radius 3 is 2.52 bits per heavy atom. The van der Waals surface area contributed by atoms with Gasteiger partial charge in [0.15, 0.2) is 0 Å². The van der Waals surface area contributed by atoms with Crippen molar-refractivity contribution in [2.45, 2.75) is 32.7 Å². The number of imidazole rings is 1. The molecular formula is C25H25ClN2O. The fourth-order valence-corrected chi connectivity index (χ4v) is 3.80. The lowest BCUT2D eigenvalue weighted by atomic mass is 10.1. The molecule has 0 aliphatic carbocycles. The van der Waals surface area contributed by atoms with Crippen LogP contribution in [0.3, 0.4) is 0 Å². The molecule has 0 fully saturated rings. The van der Waals surface area contributed by atoms with E-state index in [0.717, 1.165) is 60.1 Å². The largest absolute Gasteiger partial charge is 0.493 e. The van der Waals surface area contributed by atoms with Gasteiger partial charge in [-0.05, 0) is 55.2 Å². The number of aromatic nitrogens is 2. The molecule has 148 valence electrons. The molecule has 0 aliphatic rings. The Hall–Kier alpha value is -2.78. The summed E-state index contributed by atoms with van der Waals surface area (Å²) in [6.45, 7) is 3.71. The van der Waals surface area contributed by atoms with Crippen LogP contribution in [0.1, 0.15) is 29.8 Å². The molecule has 29 heavy (non-hydrogen) atoms. The zero-order valence-corrected chi connectivity index (χ0v) is 17.4. The van der Waals surface area contributed by atoms with Crippen LogP contribution in [-0.4, -0.2) is 16.2 Å². The maximum absolute atomic E-state index is 6.39. The van der Waals surface area contributed by atoms with Gasteiger partial charge in [0.2, 0.25) is 0 Å². The zero-order chi connectivity index (χ0) is 20.1. The van der Waals surface area contributed by atoms with E-state index in [-0.39, 0.29) is 0 Å². The van der Waals surface area contributed by atoms with Crippen molar-refractivity contribution in [1.29, 1.82) is 0 Å². The van der Waals surface area contributed by atoms with Gasteiger partial charge in [0, 0.05) is 18.0 Å². The summed E-state index contributed by atoms with van der Waals surface area (Å²) in [7, 11) is 0. The number of unbranched alkanes of at least 4 members (excludes halogenated alkanes) is 1. The fourth-order valence-electron chi connectivity index (χ4n) is 3.59. The van der Waals surface area contributed by atoms with Gasteiger partial charge in [-0.3, -0.25) is 0 Å². The highest BCUT2D eigenvalue weighted by Crippen LogP contribution is 2.23. The van der Waals surface area contributed by atoms with E-state index < -0.39 is 0 Å². The van der Waals surface area contributed by atoms with Crippen LogP contribution in [0, 0.1) is 6.92 Å². The van der Waals surface area contributed by atoms with Gasteiger partial charge in [-0.1, -0.05) is 60.1 Å². The van der Waals surface area contributed by atoms with Crippen molar-refractivity contribution in [3.8, 4) is 5.75 Å². The number of hydrogen-bond donors (Lipinski definition) is 0. The van der Waals surface area contributed by atoms with Crippen LogP contribution in [0.4, 0.5) is 0 Å². The lowest BCUT2D eigenvalue weighted by molar-refractivity contribution is 0.301. The molecule has 0 aliphatic heterocycles. The summed E-state index contributed by atoms with van der Waals surface area (Å²) in [5.74, 6) is 2.03. The molecule has 0 saturated heterocycles. The van der Waals surface area contributed by atoms with Gasteiger partial charge >= 0.3 is 0 Å². The summed E-state index contributed by atoms with van der Waals surface area (Å²) in [6.07, 6.45) is 2.75. The zero-order valence-electron chi connectivity index (χ0n) is 16.6. The maximum Gasteiger partial charge on any atom is 0.122 e. The van der Waals surface area contributed by atoms with E-state index in [0.29, 0.717) is 0 Å². The van der Waals surface area contributed by atoms with E-state index >= 15 is 0 Å². The van der Waals surface area contributed by atoms with Crippen LogP contribution in [-0.2, 0) is 13.0 Å². The average Bonchev–Trinajstić information content (AvgIpc) is 3.08. The Balaban J connectivity index is 1.45. The third-order valence-corrected chi connectivity index (χ3v) is 5.54. The van der Waals surface area contributed by atoms with Crippen LogP contribution in [0.2, 0.25) is 5.02 Å². The number of rotatable bonds is 8. The quantitative estimate of drug-likeness (QED) is 0.315. The van der Waals surface area contributed by atoms with Crippen LogP contribution in [0.5, 0.6) is 5.75 Å². The number of fused-ring (bicyclic) bond motifs is 1. The molecule has 4 heteroatoms. The van der Waals surface area contributed by atoms with Gasteiger partial charge in [0.1, 0.15) is 11.6 Å². The van der Waals surface area contributed by atoms with Crippen molar-refractivity contribution < 1.29 is 4.74 Å². The first-order chi connectivity index (χ1) is 14.2. The second-order valence-corrected chi connectivity index (χ2v) is 7.66. The number of benzene rings is 3. The Morgan fingerprint density at radius 2 is 1.66 bits per heavy atom. The van der Waals surface area contributed by atoms with Crippen molar-refractivity contribution in [2.24, 2.45) is 0 Å². The standard InChI is InChI=1S/C25H25ClN2O/c1-19-10-2-7-15-24(19)29-17-9-8-16-28-23-14-6-5-13-22(23)27-25(28)18-20-11-3-4-12-21(20)26/h2-7,10-15H,8-9,16-18H2,1H3. The minimum Gasteiger partial charge on any atom is -0.493 e. The highest BCUT2D eigenvalue weighted by molar-refractivity contribution is 6.31. The highest BCUT2D eigenvalue weighted by atomic mass is 35.5. The number of nitrogens with zero attached hydrogens (tertiary/aromatic N) is 2. The highest BCUT2D eigenvalue weighted by Gasteiger charge is 2.12. The lowest BCUT2D eigenvalue weighted by Crippen LogP contribution is -2.07. The normalized spacial score (nSPS) is 11.1. The molecule has 0 N–H and O–H groups in total. The number of aryl methyl sites for hydroxylation is 2. The van der Waals surface area contributed by atoms with Gasteiger partial charge in [-0.15, -0.1) is 0 Å². The lowest BCUT2D eigenvalue weighted by Gasteiger charge is -2.11. The smallest absolute Gasteiger partial charge is 0.122 e. The fraction of sp³-hybridized carbons (Fsp3) is 0.240. The summed E-state index contributed by atoms with van der Waals surface area (Å²) in [6, 6.07) is 24.5. The predicted molar refractivity (Wildman–Crippen MR) is 120 cm³/mol. The van der Waals surface area contributed by atoms with Gasteiger partial charge in [0.25, 0.3) is 0 Å². The molecule has 0 unspecified atom stereocenters. The van der Waals surface area contributed by atoms with Crippen LogP contribution in [0.15, 0.2) is 72.8 Å². The summed E-state index contributed by atoms with van der Waals surface area (Å²) < 4.78 is 8.27. The second-order valence-electron chi connectivity index (χ2n) is 7.26. The minimum absolute atomic E-state index is 0.720. The van der Waals surface area contributed by atoms with Crippen molar-refractivity contribution >= 4 is 22.6 Å². The molecule has 3 aromatic carbocycles. The molecule has 0 atom stereocenters. The topological polar surface area (TPSA) is 27.1 Å². The first-order valence-electron chi connectivity index (χ1n) is 10.1. The van der Waals surface area contributed by atoms with Crippen molar-refractivity contribution in [1.82, 2.24) is 9.55 Å². The molecule has 3 nitrogen and oxygen atoms in total. The van der Waals surface area contributed by atoms with E-state index in [1.165, 1.54) is 11.1 Å². The number of hydrogen-bond acceptors (Lipinski definition) is 2. The van der Waals surface area contributed by atoms with E-state index in [2.05, 4.69) is 41.8 Å². The summed E-state index contributed by atoms with van der Waals surface area (Å²) >= 11 is 6.39. The van der Waals surface area contributed by atoms with E-state index in [9.17, 15) is 0 Å². The SMILES string of the molecule is Cc1ccccc1OCCCCn1c(Cc2ccccc2Cl)nc2ccccc21. The molecule has 4 rings (SSSR count). The molecule has 4 aromatic rings. The van der Waals surface area contributed by atoms with Crippen molar-refractivity contribution in [3.05, 3.63) is 94.8 Å². The van der Waals surface area contributed by atoms with Crippen molar-refractivity contribution in [3.63, 3.8) is 0 Å². The Labute approximate surface area is 176 Å². The number of para-hydroxylation sites is 3. The van der Waals surface area contributed by atoms with Crippen LogP contribution >= 0.6 is 11.6 Å². The molecular weight excluding hydrogens is 380 g/mol. The molecule has 0 amide bonds. The molecule has 0 spiro atoms. The summed E-state index contributed by atoms with van der Waals surface area (Å²) in [4.78, 5) is 4.88. The molecule has 0 bridgehead atoms. The summed E-state index contributed by atoms with van der Waals surface area (Å²) in [5.41, 5.74) is 4.49. The number of halogens is 1. The Kier molecular flexibility index (Phi) is 6.16. The Morgan fingerprint density at radius 1 is 0.897 bits per heavy atom. The van der Waals surface area contributed by atoms with Gasteiger partial charge in [-0.2, -0.15) is 0 Å². The second kappa shape index (κ2) is 9.15. The predicted octanol–water partition coefficient (Wildman–Crippen LogP) is 6.45. The summed E-state index contributed by atoms with van der Waals surface area (Å²) in [5, 5.41) is 0.790. The monoisotopic (exact) mass is 404 g/mol. The maximum atomic E-state index is 6.39. The molecule has 1 aromatic heterocycles. The Bertz CT molecular complexity index is 1100. The van der Waals surface area contributed by atoms with Crippen LogP contribution < -0.4 is 4.74 Å². The average molecular weight is 405 g/mol. The van der Waals surface area contributed by atoms with E-state index in [1.807, 2.05) is 42.5 Å². The number of ether oxygens (including phenoxy) is 1. The molecule has 1 heterocycles. The van der Waals surface area contributed by atoms with Crippen LogP contribution in [0.25, 0.3) is 11.0 Å². The van der Waals surface area contributed by atoms with Gasteiger partial charge < -0.3 is 9.30 Å². The van der Waals surface area contributed by atoms with Gasteiger partial charge in [-0.25, -0.2) is 4.98 Å². The third kappa shape index (κ3) is 4.63. The van der Waals surface area contributed by atoms with Gasteiger partial charge in [0.05, 0.1) is 17.6 Å². The third-order valence-electron chi connectivity index (χ3n) is 5.17. The van der Waals surface area contributed by atoms with Crippen molar-refractivity contribution in [2.75, 3.05) is 6.61 Å².